The summed E-state index contributed by atoms with van der Waals surface area (Å²) in [4.78, 5) is 23.8. The number of esters is 1. The zero-order valence-corrected chi connectivity index (χ0v) is 14.5. The van der Waals surface area contributed by atoms with Crippen LogP contribution in [0.4, 0.5) is 0 Å². The number of aliphatic hydroxyl groups excluding tert-OH is 1. The minimum Gasteiger partial charge on any atom is -0.457 e. The highest BCUT2D eigenvalue weighted by Crippen LogP contribution is 2.13. The number of carbonyl (C=O) groups is 2. The molecule has 0 aromatic heterocycles. The van der Waals surface area contributed by atoms with Crippen LogP contribution in [0.1, 0.15) is 32.6 Å². The molecule has 2 aromatic rings. The maximum Gasteiger partial charge on any atom is 0.338 e. The van der Waals surface area contributed by atoms with Crippen molar-refractivity contribution in [1.29, 1.82) is 0 Å². The average molecular weight is 341 g/mol. The van der Waals surface area contributed by atoms with Crippen molar-refractivity contribution >= 4 is 11.9 Å². The monoisotopic (exact) mass is 341 g/mol. The van der Waals surface area contributed by atoms with Gasteiger partial charge in [-0.15, -0.1) is 0 Å². The normalized spacial score (nSPS) is 10.4. The van der Waals surface area contributed by atoms with Gasteiger partial charge in [0, 0.05) is 6.54 Å². The zero-order chi connectivity index (χ0) is 18.2. The van der Waals surface area contributed by atoms with Gasteiger partial charge in [0.2, 0.25) is 5.91 Å². The first-order valence-electron chi connectivity index (χ1n) is 8.19. The van der Waals surface area contributed by atoms with Crippen LogP contribution >= 0.6 is 0 Å². The number of aliphatic hydroxyl groups is 1. The molecule has 25 heavy (non-hydrogen) atoms. The van der Waals surface area contributed by atoms with E-state index in [4.69, 9.17) is 9.84 Å². The fourth-order valence-corrected chi connectivity index (χ4v) is 2.47. The number of amides is 1. The second-order valence-corrected chi connectivity index (χ2v) is 5.96. The number of aryl methyl sites for hydroxylation is 2. The van der Waals surface area contributed by atoms with Crippen molar-refractivity contribution in [3.63, 3.8) is 0 Å². The van der Waals surface area contributed by atoms with Crippen LogP contribution in [0.25, 0.3) is 0 Å². The SMILES string of the molecule is Cc1ccc(C(=O)OCc2ccc(CC(=O)NCCO)cc2)c(C)c1. The van der Waals surface area contributed by atoms with Gasteiger partial charge in [-0.1, -0.05) is 42.0 Å². The van der Waals surface area contributed by atoms with Gasteiger partial charge in [0.25, 0.3) is 0 Å². The lowest BCUT2D eigenvalue weighted by Gasteiger charge is -2.09. The van der Waals surface area contributed by atoms with Crippen molar-refractivity contribution < 1.29 is 19.4 Å². The Morgan fingerprint density at radius 3 is 2.36 bits per heavy atom. The van der Waals surface area contributed by atoms with Gasteiger partial charge in [-0.25, -0.2) is 4.79 Å². The Hall–Kier alpha value is -2.66. The molecule has 0 unspecified atom stereocenters. The molecule has 0 aliphatic rings. The molecule has 0 aliphatic heterocycles. The topological polar surface area (TPSA) is 75.6 Å². The van der Waals surface area contributed by atoms with E-state index in [-0.39, 0.29) is 38.1 Å². The van der Waals surface area contributed by atoms with E-state index in [9.17, 15) is 9.59 Å². The van der Waals surface area contributed by atoms with Gasteiger partial charge < -0.3 is 15.2 Å². The standard InChI is InChI=1S/C20H23NO4/c1-14-3-8-18(15(2)11-14)20(24)25-13-17-6-4-16(5-7-17)12-19(23)21-9-10-22/h3-8,11,22H,9-10,12-13H2,1-2H3,(H,21,23). The third-order valence-corrected chi connectivity index (χ3v) is 3.79. The minimum absolute atomic E-state index is 0.0729. The van der Waals surface area contributed by atoms with Crippen LogP contribution in [0, 0.1) is 13.8 Å². The van der Waals surface area contributed by atoms with Gasteiger partial charge in [-0.2, -0.15) is 0 Å². The molecule has 5 nitrogen and oxygen atoms in total. The van der Waals surface area contributed by atoms with Crippen molar-refractivity contribution in [3.8, 4) is 0 Å². The highest BCUT2D eigenvalue weighted by Gasteiger charge is 2.10. The van der Waals surface area contributed by atoms with Gasteiger partial charge in [-0.3, -0.25) is 4.79 Å². The third-order valence-electron chi connectivity index (χ3n) is 3.79. The number of ether oxygens (including phenoxy) is 1. The van der Waals surface area contributed by atoms with E-state index in [2.05, 4.69) is 5.32 Å². The fourth-order valence-electron chi connectivity index (χ4n) is 2.47. The summed E-state index contributed by atoms with van der Waals surface area (Å²) in [5.41, 5.74) is 4.29. The second kappa shape index (κ2) is 8.99. The third kappa shape index (κ3) is 5.72. The number of benzene rings is 2. The van der Waals surface area contributed by atoms with Crippen LogP contribution in [0.15, 0.2) is 42.5 Å². The fraction of sp³-hybridized carbons (Fsp3) is 0.300. The maximum absolute atomic E-state index is 12.2. The molecule has 0 heterocycles. The average Bonchev–Trinajstić information content (AvgIpc) is 2.59. The van der Waals surface area contributed by atoms with Crippen molar-refractivity contribution in [2.24, 2.45) is 0 Å². The molecule has 0 spiro atoms. The Morgan fingerprint density at radius 1 is 1.04 bits per heavy atom. The zero-order valence-electron chi connectivity index (χ0n) is 14.5. The van der Waals surface area contributed by atoms with Gasteiger partial charge >= 0.3 is 5.97 Å². The molecule has 0 radical (unpaired) electrons. The quantitative estimate of drug-likeness (QED) is 0.758. The molecule has 0 bridgehead atoms. The predicted molar refractivity (Wildman–Crippen MR) is 95.3 cm³/mol. The van der Waals surface area contributed by atoms with E-state index in [0.717, 1.165) is 22.3 Å². The Balaban J connectivity index is 1.88. The van der Waals surface area contributed by atoms with Crippen LogP contribution < -0.4 is 5.32 Å². The summed E-state index contributed by atoms with van der Waals surface area (Å²) in [7, 11) is 0. The smallest absolute Gasteiger partial charge is 0.338 e. The van der Waals surface area contributed by atoms with Crippen molar-refractivity contribution in [1.82, 2.24) is 5.32 Å². The van der Waals surface area contributed by atoms with E-state index in [0.29, 0.717) is 5.56 Å². The van der Waals surface area contributed by atoms with Crippen molar-refractivity contribution in [2.45, 2.75) is 26.9 Å². The lowest BCUT2D eigenvalue weighted by molar-refractivity contribution is -0.120. The summed E-state index contributed by atoms with van der Waals surface area (Å²) in [5.74, 6) is -0.479. The number of hydrogen-bond acceptors (Lipinski definition) is 4. The first kappa shape index (κ1) is 18.7. The summed E-state index contributed by atoms with van der Waals surface area (Å²) >= 11 is 0. The van der Waals surface area contributed by atoms with Gasteiger partial charge in [0.1, 0.15) is 6.61 Å². The number of nitrogens with one attached hydrogen (secondary N) is 1. The van der Waals surface area contributed by atoms with E-state index in [1.807, 2.05) is 50.2 Å². The molecule has 0 atom stereocenters. The van der Waals surface area contributed by atoms with Crippen molar-refractivity contribution in [3.05, 3.63) is 70.3 Å². The molecule has 1 amide bonds. The van der Waals surface area contributed by atoms with E-state index < -0.39 is 0 Å². The summed E-state index contributed by atoms with van der Waals surface area (Å²) in [6, 6.07) is 13.0. The second-order valence-electron chi connectivity index (χ2n) is 5.96. The summed E-state index contributed by atoms with van der Waals surface area (Å²) < 4.78 is 5.36. The Labute approximate surface area is 147 Å². The Kier molecular flexibility index (Phi) is 6.71. The summed E-state index contributed by atoms with van der Waals surface area (Å²) in [6.45, 7) is 4.24. The molecular weight excluding hydrogens is 318 g/mol. The van der Waals surface area contributed by atoms with Crippen LogP contribution in [0.3, 0.4) is 0 Å². The predicted octanol–water partition coefficient (Wildman–Crippen LogP) is 2.31. The van der Waals surface area contributed by atoms with Crippen molar-refractivity contribution in [2.75, 3.05) is 13.2 Å². The first-order valence-corrected chi connectivity index (χ1v) is 8.19. The highest BCUT2D eigenvalue weighted by atomic mass is 16.5. The minimum atomic E-state index is -0.343. The highest BCUT2D eigenvalue weighted by molar-refractivity contribution is 5.91. The molecule has 2 rings (SSSR count). The lowest BCUT2D eigenvalue weighted by Crippen LogP contribution is -2.27. The lowest BCUT2D eigenvalue weighted by atomic mass is 10.1. The number of carbonyl (C=O) groups excluding carboxylic acids is 2. The molecule has 2 aromatic carbocycles. The van der Waals surface area contributed by atoms with Crippen LogP contribution in [-0.2, 0) is 22.6 Å². The molecule has 0 saturated carbocycles. The summed E-state index contributed by atoms with van der Waals surface area (Å²) in [5, 5.41) is 11.3. The molecule has 0 saturated heterocycles. The van der Waals surface area contributed by atoms with Crippen LogP contribution in [0.2, 0.25) is 0 Å². The molecule has 132 valence electrons. The maximum atomic E-state index is 12.2. The molecular formula is C20H23NO4. The van der Waals surface area contributed by atoms with Crippen LogP contribution in [0.5, 0.6) is 0 Å². The Morgan fingerprint density at radius 2 is 1.72 bits per heavy atom. The molecule has 2 N–H and O–H groups in total. The van der Waals surface area contributed by atoms with E-state index >= 15 is 0 Å². The molecule has 0 fully saturated rings. The number of rotatable bonds is 7. The van der Waals surface area contributed by atoms with Crippen LogP contribution in [-0.4, -0.2) is 30.1 Å². The Bertz CT molecular complexity index is 738. The van der Waals surface area contributed by atoms with Gasteiger partial charge in [-0.05, 0) is 36.6 Å². The molecule has 0 aliphatic carbocycles. The first-order chi connectivity index (χ1) is 12.0. The summed E-state index contributed by atoms with van der Waals surface area (Å²) in [6.07, 6.45) is 0.253. The largest absolute Gasteiger partial charge is 0.457 e. The van der Waals surface area contributed by atoms with Gasteiger partial charge in [0.15, 0.2) is 0 Å². The number of hydrogen-bond donors (Lipinski definition) is 2. The van der Waals surface area contributed by atoms with E-state index in [1.54, 1.807) is 6.07 Å². The van der Waals surface area contributed by atoms with E-state index in [1.165, 1.54) is 0 Å². The molecule has 5 heteroatoms. The van der Waals surface area contributed by atoms with Gasteiger partial charge in [0.05, 0.1) is 18.6 Å².